The summed E-state index contributed by atoms with van der Waals surface area (Å²) in [7, 11) is 0. The summed E-state index contributed by atoms with van der Waals surface area (Å²) in [5.41, 5.74) is 8.62. The van der Waals surface area contributed by atoms with E-state index >= 15 is 0 Å². The maximum atomic E-state index is 11.4. The topological polar surface area (TPSA) is 81.2 Å². The van der Waals surface area contributed by atoms with Crippen molar-refractivity contribution in [2.24, 2.45) is 16.6 Å². The SMILES string of the molecule is NC(=O)C1CCCC1=Nc1ccc2nccnc2c1Br. The number of halogens is 1. The predicted octanol–water partition coefficient (Wildman–Crippen LogP) is 2.75. The number of aliphatic imine (C=N–C) groups is 1. The zero-order valence-corrected chi connectivity index (χ0v) is 12.3. The molecule has 1 aromatic carbocycles. The first kappa shape index (κ1) is 13.2. The third kappa shape index (κ3) is 2.31. The van der Waals surface area contributed by atoms with Crippen LogP contribution in [0.4, 0.5) is 5.69 Å². The summed E-state index contributed by atoms with van der Waals surface area (Å²) in [5, 5.41) is 0. The van der Waals surface area contributed by atoms with E-state index in [0.717, 1.165) is 46.2 Å². The van der Waals surface area contributed by atoms with Gasteiger partial charge in [-0.1, -0.05) is 0 Å². The fourth-order valence-electron chi connectivity index (χ4n) is 2.50. The summed E-state index contributed by atoms with van der Waals surface area (Å²) in [6, 6.07) is 3.76. The van der Waals surface area contributed by atoms with Crippen LogP contribution < -0.4 is 5.73 Å². The average Bonchev–Trinajstić information content (AvgIpc) is 2.91. The van der Waals surface area contributed by atoms with Gasteiger partial charge in [-0.3, -0.25) is 19.8 Å². The average molecular weight is 333 g/mol. The largest absolute Gasteiger partial charge is 0.369 e. The Labute approximate surface area is 124 Å². The van der Waals surface area contributed by atoms with Crippen molar-refractivity contribution in [2.75, 3.05) is 0 Å². The molecule has 1 aliphatic carbocycles. The molecule has 20 heavy (non-hydrogen) atoms. The monoisotopic (exact) mass is 332 g/mol. The molecule has 0 spiro atoms. The van der Waals surface area contributed by atoms with Crippen molar-refractivity contribution in [3.8, 4) is 0 Å². The zero-order chi connectivity index (χ0) is 14.1. The number of nitrogens with zero attached hydrogens (tertiary/aromatic N) is 3. The van der Waals surface area contributed by atoms with Crippen molar-refractivity contribution in [1.82, 2.24) is 9.97 Å². The van der Waals surface area contributed by atoms with Crippen LogP contribution in [0.25, 0.3) is 11.0 Å². The van der Waals surface area contributed by atoms with Crippen LogP contribution in [0.5, 0.6) is 0 Å². The molecule has 3 rings (SSSR count). The maximum absolute atomic E-state index is 11.4. The molecule has 5 nitrogen and oxygen atoms in total. The van der Waals surface area contributed by atoms with Gasteiger partial charge in [-0.2, -0.15) is 0 Å². The number of amides is 1. The lowest BCUT2D eigenvalue weighted by atomic mass is 10.1. The minimum absolute atomic E-state index is 0.237. The van der Waals surface area contributed by atoms with Gasteiger partial charge in [0, 0.05) is 18.1 Å². The molecule has 0 aliphatic heterocycles. The van der Waals surface area contributed by atoms with Gasteiger partial charge in [-0.25, -0.2) is 0 Å². The van der Waals surface area contributed by atoms with E-state index in [1.165, 1.54) is 0 Å². The van der Waals surface area contributed by atoms with E-state index in [4.69, 9.17) is 5.73 Å². The van der Waals surface area contributed by atoms with Crippen molar-refractivity contribution in [2.45, 2.75) is 19.3 Å². The molecule has 1 amide bonds. The summed E-state index contributed by atoms with van der Waals surface area (Å²) in [6.07, 6.45) is 5.86. The van der Waals surface area contributed by atoms with Crippen LogP contribution >= 0.6 is 15.9 Å². The zero-order valence-electron chi connectivity index (χ0n) is 10.7. The molecule has 2 aromatic rings. The fraction of sp³-hybridized carbons (Fsp3) is 0.286. The standard InChI is InChI=1S/C14H13BrN4O/c15-12-10(4-5-11-13(12)18-7-6-17-11)19-9-3-1-2-8(9)14(16)20/h4-8H,1-3H2,(H2,16,20). The van der Waals surface area contributed by atoms with Crippen molar-refractivity contribution in [3.05, 3.63) is 29.0 Å². The number of primary amides is 1. The fourth-order valence-corrected chi connectivity index (χ4v) is 3.03. The number of carbonyl (C=O) groups excluding carboxylic acids is 1. The Morgan fingerprint density at radius 2 is 2.15 bits per heavy atom. The minimum atomic E-state index is -0.294. The summed E-state index contributed by atoms with van der Waals surface area (Å²) in [4.78, 5) is 24.6. The number of fused-ring (bicyclic) bond motifs is 1. The van der Waals surface area contributed by atoms with Gasteiger partial charge in [-0.15, -0.1) is 0 Å². The number of nitrogens with two attached hydrogens (primary N) is 1. The summed E-state index contributed by atoms with van der Waals surface area (Å²) in [5.74, 6) is -0.530. The van der Waals surface area contributed by atoms with Gasteiger partial charge in [0.05, 0.1) is 21.6 Å². The molecule has 0 saturated heterocycles. The van der Waals surface area contributed by atoms with Crippen molar-refractivity contribution < 1.29 is 4.79 Å². The van der Waals surface area contributed by atoms with Crippen LogP contribution in [0.1, 0.15) is 19.3 Å². The van der Waals surface area contributed by atoms with Gasteiger partial charge in [-0.05, 0) is 47.3 Å². The Kier molecular flexibility index (Phi) is 3.48. The van der Waals surface area contributed by atoms with Crippen LogP contribution in [0.3, 0.4) is 0 Å². The molecule has 1 unspecified atom stereocenters. The highest BCUT2D eigenvalue weighted by molar-refractivity contribution is 9.10. The molecule has 1 aromatic heterocycles. The number of aromatic nitrogens is 2. The Hall–Kier alpha value is -1.82. The van der Waals surface area contributed by atoms with E-state index in [-0.39, 0.29) is 11.8 Å². The highest BCUT2D eigenvalue weighted by Gasteiger charge is 2.27. The normalized spacial score (nSPS) is 20.6. The first-order valence-electron chi connectivity index (χ1n) is 6.43. The lowest BCUT2D eigenvalue weighted by Gasteiger charge is -2.08. The quantitative estimate of drug-likeness (QED) is 0.917. The smallest absolute Gasteiger partial charge is 0.226 e. The van der Waals surface area contributed by atoms with E-state index < -0.39 is 0 Å². The van der Waals surface area contributed by atoms with Gasteiger partial charge in [0.2, 0.25) is 5.91 Å². The van der Waals surface area contributed by atoms with Gasteiger partial charge >= 0.3 is 0 Å². The van der Waals surface area contributed by atoms with E-state index in [9.17, 15) is 4.79 Å². The highest BCUT2D eigenvalue weighted by atomic mass is 79.9. The lowest BCUT2D eigenvalue weighted by Crippen LogP contribution is -2.26. The molecular formula is C14H13BrN4O. The summed E-state index contributed by atoms with van der Waals surface area (Å²) in [6.45, 7) is 0. The Morgan fingerprint density at radius 3 is 2.95 bits per heavy atom. The van der Waals surface area contributed by atoms with Crippen molar-refractivity contribution in [3.63, 3.8) is 0 Å². The lowest BCUT2D eigenvalue weighted by molar-refractivity contribution is -0.119. The minimum Gasteiger partial charge on any atom is -0.369 e. The highest BCUT2D eigenvalue weighted by Crippen LogP contribution is 2.33. The molecular weight excluding hydrogens is 320 g/mol. The second kappa shape index (κ2) is 5.28. The molecule has 2 N–H and O–H groups in total. The molecule has 0 bridgehead atoms. The Morgan fingerprint density at radius 1 is 1.35 bits per heavy atom. The number of rotatable bonds is 2. The Bertz CT molecular complexity index is 713. The van der Waals surface area contributed by atoms with Gasteiger partial charge < -0.3 is 5.73 Å². The molecule has 1 fully saturated rings. The van der Waals surface area contributed by atoms with E-state index in [1.807, 2.05) is 12.1 Å². The third-order valence-corrected chi connectivity index (χ3v) is 4.28. The predicted molar refractivity (Wildman–Crippen MR) is 80.9 cm³/mol. The van der Waals surface area contributed by atoms with Crippen LogP contribution in [0.2, 0.25) is 0 Å². The number of hydrogen-bond acceptors (Lipinski definition) is 4. The van der Waals surface area contributed by atoms with Gasteiger partial charge in [0.1, 0.15) is 5.52 Å². The summed E-state index contributed by atoms with van der Waals surface area (Å²) < 4.78 is 0.797. The number of benzene rings is 1. The first-order valence-corrected chi connectivity index (χ1v) is 7.22. The third-order valence-electron chi connectivity index (χ3n) is 3.49. The van der Waals surface area contributed by atoms with Crippen molar-refractivity contribution >= 4 is 44.3 Å². The first-order chi connectivity index (χ1) is 9.66. The van der Waals surface area contributed by atoms with Crippen LogP contribution in [0, 0.1) is 5.92 Å². The maximum Gasteiger partial charge on any atom is 0.226 e. The molecule has 0 radical (unpaired) electrons. The van der Waals surface area contributed by atoms with E-state index in [2.05, 4.69) is 30.9 Å². The molecule has 1 saturated carbocycles. The summed E-state index contributed by atoms with van der Waals surface area (Å²) >= 11 is 3.52. The van der Waals surface area contributed by atoms with E-state index in [0.29, 0.717) is 0 Å². The van der Waals surface area contributed by atoms with Crippen LogP contribution in [-0.2, 0) is 4.79 Å². The van der Waals surface area contributed by atoms with E-state index in [1.54, 1.807) is 12.4 Å². The molecule has 102 valence electrons. The van der Waals surface area contributed by atoms with Gasteiger partial charge in [0.25, 0.3) is 0 Å². The molecule has 1 heterocycles. The second-order valence-electron chi connectivity index (χ2n) is 4.77. The van der Waals surface area contributed by atoms with Crippen LogP contribution in [0.15, 0.2) is 34.0 Å². The molecule has 1 aliphatic rings. The second-order valence-corrected chi connectivity index (χ2v) is 5.57. The number of carbonyl (C=O) groups is 1. The van der Waals surface area contributed by atoms with Gasteiger partial charge in [0.15, 0.2) is 0 Å². The molecule has 6 heteroatoms. The Balaban J connectivity index is 2.07. The number of hydrogen-bond donors (Lipinski definition) is 1. The van der Waals surface area contributed by atoms with Crippen molar-refractivity contribution in [1.29, 1.82) is 0 Å². The molecule has 1 atom stereocenters. The van der Waals surface area contributed by atoms with Crippen LogP contribution in [-0.4, -0.2) is 21.6 Å².